The first-order valence-corrected chi connectivity index (χ1v) is 4.57. The van der Waals surface area contributed by atoms with Crippen LogP contribution in [-0.4, -0.2) is 36.3 Å². The van der Waals surface area contributed by atoms with Gasteiger partial charge in [-0.15, -0.1) is 11.3 Å². The van der Waals surface area contributed by atoms with Crippen molar-refractivity contribution < 1.29 is 4.79 Å². The van der Waals surface area contributed by atoms with Crippen molar-refractivity contribution in [3.8, 4) is 0 Å². The summed E-state index contributed by atoms with van der Waals surface area (Å²) in [5, 5.41) is 2.50. The summed E-state index contributed by atoms with van der Waals surface area (Å²) in [6.45, 7) is 2.33. The molecule has 0 atom stereocenters. The van der Waals surface area contributed by atoms with Gasteiger partial charge >= 0.3 is 0 Å². The molecule has 1 aromatic heterocycles. The van der Waals surface area contributed by atoms with Crippen LogP contribution in [0, 0.1) is 6.92 Å². The lowest BCUT2D eigenvalue weighted by atomic mass is 10.4. The minimum Gasteiger partial charge on any atom is -0.302 e. The van der Waals surface area contributed by atoms with Gasteiger partial charge in [0.1, 0.15) is 0 Å². The number of carbonyl (C=O) groups is 1. The third-order valence-electron chi connectivity index (χ3n) is 1.32. The first kappa shape index (κ1) is 9.35. The van der Waals surface area contributed by atoms with Crippen molar-refractivity contribution >= 4 is 17.1 Å². The van der Waals surface area contributed by atoms with Crippen LogP contribution in [0.3, 0.4) is 0 Å². The number of nitrogens with zero attached hydrogens (tertiary/aromatic N) is 2. The zero-order valence-electron chi connectivity index (χ0n) is 7.50. The van der Waals surface area contributed by atoms with Crippen molar-refractivity contribution in [2.45, 2.75) is 6.92 Å². The molecule has 0 amide bonds. The molecule has 0 saturated carbocycles. The Morgan fingerprint density at radius 2 is 2.33 bits per heavy atom. The van der Waals surface area contributed by atoms with E-state index in [2.05, 4.69) is 4.98 Å². The van der Waals surface area contributed by atoms with Crippen LogP contribution in [0.1, 0.15) is 15.5 Å². The Kier molecular flexibility index (Phi) is 2.94. The number of likely N-dealkylation sites (N-methyl/N-ethyl adjacent to an activating group) is 1. The summed E-state index contributed by atoms with van der Waals surface area (Å²) < 4.78 is 0. The highest BCUT2D eigenvalue weighted by atomic mass is 32.1. The van der Waals surface area contributed by atoms with Crippen LogP contribution in [0.4, 0.5) is 0 Å². The maximum Gasteiger partial charge on any atom is 0.205 e. The highest BCUT2D eigenvalue weighted by Crippen LogP contribution is 2.09. The van der Waals surface area contributed by atoms with Gasteiger partial charge in [-0.25, -0.2) is 4.98 Å². The van der Waals surface area contributed by atoms with Crippen LogP contribution >= 0.6 is 11.3 Å². The predicted molar refractivity (Wildman–Crippen MR) is 49.7 cm³/mol. The van der Waals surface area contributed by atoms with Gasteiger partial charge in [-0.2, -0.15) is 0 Å². The fourth-order valence-corrected chi connectivity index (χ4v) is 1.56. The molecular formula is C8H12N2OS. The number of carbonyl (C=O) groups excluding carboxylic acids is 1. The maximum atomic E-state index is 11.4. The zero-order valence-corrected chi connectivity index (χ0v) is 8.31. The molecule has 0 unspecified atom stereocenters. The van der Waals surface area contributed by atoms with E-state index in [-0.39, 0.29) is 5.78 Å². The second-order valence-electron chi connectivity index (χ2n) is 2.95. The van der Waals surface area contributed by atoms with E-state index in [1.807, 2.05) is 31.3 Å². The maximum absolute atomic E-state index is 11.4. The van der Waals surface area contributed by atoms with Crippen LogP contribution in [0.15, 0.2) is 5.38 Å². The lowest BCUT2D eigenvalue weighted by Gasteiger charge is -2.05. The lowest BCUT2D eigenvalue weighted by molar-refractivity contribution is 0.0957. The molecule has 0 spiro atoms. The van der Waals surface area contributed by atoms with Crippen LogP contribution in [0.2, 0.25) is 0 Å². The average Bonchev–Trinajstić information content (AvgIpc) is 2.34. The smallest absolute Gasteiger partial charge is 0.205 e. The summed E-state index contributed by atoms with van der Waals surface area (Å²) >= 11 is 1.41. The summed E-state index contributed by atoms with van der Waals surface area (Å²) in [7, 11) is 3.75. The molecule has 0 aliphatic carbocycles. The molecule has 0 bridgehead atoms. The number of aromatic nitrogens is 1. The van der Waals surface area contributed by atoms with Crippen LogP contribution in [0.25, 0.3) is 0 Å². The average molecular weight is 184 g/mol. The summed E-state index contributed by atoms with van der Waals surface area (Å²) in [5.41, 5.74) is 0.919. The third-order valence-corrected chi connectivity index (χ3v) is 2.32. The monoisotopic (exact) mass is 184 g/mol. The van der Waals surface area contributed by atoms with Crippen molar-refractivity contribution in [2.24, 2.45) is 0 Å². The first-order valence-electron chi connectivity index (χ1n) is 3.69. The van der Waals surface area contributed by atoms with Crippen molar-refractivity contribution in [3.63, 3.8) is 0 Å². The molecule has 1 heterocycles. The number of aryl methyl sites for hydroxylation is 1. The molecule has 1 aromatic rings. The van der Waals surface area contributed by atoms with Crippen molar-refractivity contribution in [2.75, 3.05) is 20.6 Å². The van der Waals surface area contributed by atoms with E-state index in [1.165, 1.54) is 11.3 Å². The van der Waals surface area contributed by atoms with Gasteiger partial charge in [0.15, 0.2) is 5.01 Å². The van der Waals surface area contributed by atoms with Gasteiger partial charge in [0.05, 0.1) is 6.54 Å². The third kappa shape index (κ3) is 2.39. The molecule has 4 heteroatoms. The largest absolute Gasteiger partial charge is 0.302 e. The van der Waals surface area contributed by atoms with Crippen LogP contribution < -0.4 is 0 Å². The zero-order chi connectivity index (χ0) is 9.14. The van der Waals surface area contributed by atoms with E-state index >= 15 is 0 Å². The first-order chi connectivity index (χ1) is 5.59. The standard InChI is InChI=1S/C8H12N2OS/c1-6-5-12-8(9-6)7(11)4-10(2)3/h5H,4H2,1-3H3. The molecule has 0 aliphatic rings. The van der Waals surface area contributed by atoms with E-state index < -0.39 is 0 Å². The highest BCUT2D eigenvalue weighted by Gasteiger charge is 2.09. The van der Waals surface area contributed by atoms with E-state index in [0.29, 0.717) is 11.6 Å². The van der Waals surface area contributed by atoms with Crippen molar-refractivity contribution in [1.82, 2.24) is 9.88 Å². The number of rotatable bonds is 3. The van der Waals surface area contributed by atoms with Gasteiger partial charge in [-0.3, -0.25) is 4.79 Å². The Bertz CT molecular complexity index is 280. The molecular weight excluding hydrogens is 172 g/mol. The Morgan fingerprint density at radius 3 is 2.75 bits per heavy atom. The molecule has 66 valence electrons. The van der Waals surface area contributed by atoms with Gasteiger partial charge < -0.3 is 4.90 Å². The molecule has 0 fully saturated rings. The lowest BCUT2D eigenvalue weighted by Crippen LogP contribution is -2.21. The van der Waals surface area contributed by atoms with Gasteiger partial charge in [-0.05, 0) is 21.0 Å². The molecule has 0 N–H and O–H groups in total. The molecule has 3 nitrogen and oxygen atoms in total. The second kappa shape index (κ2) is 3.78. The van der Waals surface area contributed by atoms with Crippen LogP contribution in [-0.2, 0) is 0 Å². The number of hydrogen-bond acceptors (Lipinski definition) is 4. The molecule has 0 radical (unpaired) electrons. The normalized spacial score (nSPS) is 10.7. The summed E-state index contributed by atoms with van der Waals surface area (Å²) in [5.74, 6) is 0.0955. The Morgan fingerprint density at radius 1 is 1.67 bits per heavy atom. The van der Waals surface area contributed by atoms with Gasteiger partial charge in [0.25, 0.3) is 0 Å². The quantitative estimate of drug-likeness (QED) is 0.662. The van der Waals surface area contributed by atoms with Gasteiger partial charge in [0.2, 0.25) is 5.78 Å². The number of Topliss-reactive ketones (excluding diaryl/α,β-unsaturated/α-hetero) is 1. The van der Waals surface area contributed by atoms with E-state index in [0.717, 1.165) is 5.69 Å². The van der Waals surface area contributed by atoms with Crippen molar-refractivity contribution in [1.29, 1.82) is 0 Å². The highest BCUT2D eigenvalue weighted by molar-refractivity contribution is 7.11. The minimum atomic E-state index is 0.0955. The van der Waals surface area contributed by atoms with Crippen molar-refractivity contribution in [3.05, 3.63) is 16.1 Å². The van der Waals surface area contributed by atoms with E-state index in [9.17, 15) is 4.79 Å². The summed E-state index contributed by atoms with van der Waals surface area (Å²) in [6, 6.07) is 0. The predicted octanol–water partition coefficient (Wildman–Crippen LogP) is 1.20. The molecule has 1 rings (SSSR count). The Labute approximate surface area is 76.0 Å². The number of thiazole rings is 1. The summed E-state index contributed by atoms with van der Waals surface area (Å²) in [6.07, 6.45) is 0. The van der Waals surface area contributed by atoms with E-state index in [4.69, 9.17) is 0 Å². The second-order valence-corrected chi connectivity index (χ2v) is 3.81. The Hall–Kier alpha value is -0.740. The molecule has 0 aliphatic heterocycles. The van der Waals surface area contributed by atoms with Gasteiger partial charge in [0, 0.05) is 11.1 Å². The van der Waals surface area contributed by atoms with Crippen LogP contribution in [0.5, 0.6) is 0 Å². The molecule has 0 saturated heterocycles. The fourth-order valence-electron chi connectivity index (χ4n) is 0.837. The fraction of sp³-hybridized carbons (Fsp3) is 0.500. The number of ketones is 1. The number of hydrogen-bond donors (Lipinski definition) is 0. The topological polar surface area (TPSA) is 33.2 Å². The Balaban J connectivity index is 2.65. The van der Waals surface area contributed by atoms with E-state index in [1.54, 1.807) is 0 Å². The molecule has 0 aromatic carbocycles. The molecule has 12 heavy (non-hydrogen) atoms. The minimum absolute atomic E-state index is 0.0955. The summed E-state index contributed by atoms with van der Waals surface area (Å²) in [4.78, 5) is 17.3. The SMILES string of the molecule is Cc1csc(C(=O)CN(C)C)n1. The van der Waals surface area contributed by atoms with Gasteiger partial charge in [-0.1, -0.05) is 0 Å².